The number of urea groups is 1. The van der Waals surface area contributed by atoms with E-state index in [9.17, 15) is 14.4 Å². The van der Waals surface area contributed by atoms with Crippen LogP contribution in [-0.2, 0) is 22.4 Å². The van der Waals surface area contributed by atoms with Crippen molar-refractivity contribution in [2.45, 2.75) is 72.4 Å². The lowest BCUT2D eigenvalue weighted by Crippen LogP contribution is -2.50. The van der Waals surface area contributed by atoms with Crippen molar-refractivity contribution in [3.05, 3.63) is 21.4 Å². The third kappa shape index (κ3) is 6.86. The molecule has 0 aromatic carbocycles. The second kappa shape index (κ2) is 8.99. The van der Waals surface area contributed by atoms with Crippen molar-refractivity contribution in [3.63, 3.8) is 0 Å². The number of rotatable bonds is 6. The van der Waals surface area contributed by atoms with Gasteiger partial charge in [0.1, 0.15) is 4.88 Å². The van der Waals surface area contributed by atoms with E-state index in [4.69, 9.17) is 4.74 Å². The zero-order valence-electron chi connectivity index (χ0n) is 15.8. The number of hydrogen-bond donors (Lipinski definition) is 2. The molecule has 0 saturated carbocycles. The molecular weight excluding hydrogens is 340 g/mol. The van der Waals surface area contributed by atoms with Crippen LogP contribution in [0.15, 0.2) is 6.07 Å². The van der Waals surface area contributed by atoms with Crippen molar-refractivity contribution in [2.24, 2.45) is 0 Å². The Balaban J connectivity index is 2.67. The number of thiophene rings is 1. The average molecular weight is 368 g/mol. The lowest BCUT2D eigenvalue weighted by atomic mass is 10.1. The number of amides is 3. The van der Waals surface area contributed by atoms with Crippen molar-refractivity contribution in [1.82, 2.24) is 10.6 Å². The predicted octanol–water partition coefficient (Wildman–Crippen LogP) is 3.43. The molecule has 0 saturated heterocycles. The largest absolute Gasteiger partial charge is 0.448 e. The maximum absolute atomic E-state index is 12.3. The van der Waals surface area contributed by atoms with E-state index in [1.165, 1.54) is 23.1 Å². The molecule has 1 atom stereocenters. The zero-order valence-corrected chi connectivity index (χ0v) is 16.6. The molecule has 7 heteroatoms. The Morgan fingerprint density at radius 1 is 1.24 bits per heavy atom. The molecule has 1 aromatic heterocycles. The predicted molar refractivity (Wildman–Crippen MR) is 99.0 cm³/mol. The topological polar surface area (TPSA) is 84.5 Å². The summed E-state index contributed by atoms with van der Waals surface area (Å²) in [5.74, 6) is -1.20. The monoisotopic (exact) mass is 368 g/mol. The van der Waals surface area contributed by atoms with Gasteiger partial charge in [0.2, 0.25) is 0 Å². The molecule has 140 valence electrons. The molecule has 1 aromatic rings. The third-order valence-corrected chi connectivity index (χ3v) is 4.55. The minimum absolute atomic E-state index is 0.465. The van der Waals surface area contributed by atoms with E-state index in [2.05, 4.69) is 17.6 Å². The Bertz CT molecular complexity index is 632. The molecule has 0 fully saturated rings. The second-order valence-corrected chi connectivity index (χ2v) is 8.04. The number of hydrogen-bond acceptors (Lipinski definition) is 5. The van der Waals surface area contributed by atoms with E-state index in [1.807, 2.05) is 13.0 Å². The van der Waals surface area contributed by atoms with Gasteiger partial charge in [-0.25, -0.2) is 9.59 Å². The first kappa shape index (κ1) is 21.2. The van der Waals surface area contributed by atoms with E-state index >= 15 is 0 Å². The molecule has 3 amide bonds. The van der Waals surface area contributed by atoms with Crippen LogP contribution in [0.2, 0.25) is 0 Å². The van der Waals surface area contributed by atoms with Gasteiger partial charge in [0.15, 0.2) is 6.10 Å². The average Bonchev–Trinajstić information content (AvgIpc) is 2.88. The van der Waals surface area contributed by atoms with Crippen molar-refractivity contribution in [3.8, 4) is 0 Å². The Morgan fingerprint density at radius 2 is 1.88 bits per heavy atom. The van der Waals surface area contributed by atoms with Gasteiger partial charge in [-0.05, 0) is 52.2 Å². The maximum atomic E-state index is 12.3. The third-order valence-electron chi connectivity index (χ3n) is 3.33. The highest BCUT2D eigenvalue weighted by atomic mass is 32.1. The molecule has 0 radical (unpaired) electrons. The van der Waals surface area contributed by atoms with Gasteiger partial charge in [-0.15, -0.1) is 11.3 Å². The van der Waals surface area contributed by atoms with Gasteiger partial charge < -0.3 is 10.1 Å². The molecule has 0 unspecified atom stereocenters. The van der Waals surface area contributed by atoms with E-state index < -0.39 is 29.6 Å². The van der Waals surface area contributed by atoms with Gasteiger partial charge in [-0.1, -0.05) is 20.3 Å². The normalized spacial score (nSPS) is 12.4. The van der Waals surface area contributed by atoms with Crippen LogP contribution in [0.4, 0.5) is 4.79 Å². The second-order valence-electron chi connectivity index (χ2n) is 6.90. The number of imide groups is 1. The first-order chi connectivity index (χ1) is 11.6. The quantitative estimate of drug-likeness (QED) is 0.754. The van der Waals surface area contributed by atoms with Crippen LogP contribution in [-0.4, -0.2) is 29.6 Å². The molecule has 0 spiro atoms. The number of ether oxygens (including phenoxy) is 1. The summed E-state index contributed by atoms with van der Waals surface area (Å²) in [6.45, 7) is 11.0. The van der Waals surface area contributed by atoms with Crippen LogP contribution >= 0.6 is 11.3 Å². The van der Waals surface area contributed by atoms with Crippen LogP contribution in [0.25, 0.3) is 0 Å². The van der Waals surface area contributed by atoms with Crippen molar-refractivity contribution in [1.29, 1.82) is 0 Å². The first-order valence-electron chi connectivity index (χ1n) is 8.53. The fraction of sp³-hybridized carbons (Fsp3) is 0.611. The van der Waals surface area contributed by atoms with Gasteiger partial charge in [-0.3, -0.25) is 10.1 Å². The number of nitrogens with one attached hydrogen (secondary N) is 2. The van der Waals surface area contributed by atoms with Gasteiger partial charge in [-0.2, -0.15) is 0 Å². The Kier molecular flexibility index (Phi) is 7.60. The minimum atomic E-state index is -1.06. The number of carbonyl (C=O) groups is 3. The van der Waals surface area contributed by atoms with Crippen LogP contribution in [0.5, 0.6) is 0 Å². The van der Waals surface area contributed by atoms with Gasteiger partial charge in [0, 0.05) is 10.4 Å². The molecular formula is C18H28N2O4S. The summed E-state index contributed by atoms with van der Waals surface area (Å²) >= 11 is 1.41. The van der Waals surface area contributed by atoms with Gasteiger partial charge in [0.25, 0.3) is 5.91 Å². The minimum Gasteiger partial charge on any atom is -0.448 e. The van der Waals surface area contributed by atoms with E-state index in [0.717, 1.165) is 24.8 Å². The summed E-state index contributed by atoms with van der Waals surface area (Å²) in [4.78, 5) is 37.6. The van der Waals surface area contributed by atoms with Gasteiger partial charge >= 0.3 is 12.0 Å². The van der Waals surface area contributed by atoms with Crippen molar-refractivity contribution < 1.29 is 19.1 Å². The van der Waals surface area contributed by atoms with Crippen LogP contribution < -0.4 is 10.6 Å². The fourth-order valence-corrected chi connectivity index (χ4v) is 3.40. The fourth-order valence-electron chi connectivity index (χ4n) is 2.16. The zero-order chi connectivity index (χ0) is 19.2. The highest BCUT2D eigenvalue weighted by Crippen LogP contribution is 2.25. The lowest BCUT2D eigenvalue weighted by Gasteiger charge is -2.21. The highest BCUT2D eigenvalue weighted by molar-refractivity contribution is 7.14. The molecule has 6 nitrogen and oxygen atoms in total. The Hall–Kier alpha value is -1.89. The van der Waals surface area contributed by atoms with Crippen LogP contribution in [0, 0.1) is 0 Å². The summed E-state index contributed by atoms with van der Waals surface area (Å²) < 4.78 is 5.20. The SMILES string of the molecule is CCCc1sc(C(=O)O[C@H](C)C(=O)NC(=O)NC(C)(C)C)cc1CC. The van der Waals surface area contributed by atoms with Crippen LogP contribution in [0.3, 0.4) is 0 Å². The molecule has 1 rings (SSSR count). The smallest absolute Gasteiger partial charge is 0.349 e. The standard InChI is InChI=1S/C18H28N2O4S/c1-7-9-13-12(8-2)10-14(25-13)16(22)24-11(3)15(21)19-17(23)20-18(4,5)6/h10-11H,7-9H2,1-6H3,(H2,19,20,21,23)/t11-/m1/s1. The molecule has 0 aliphatic rings. The highest BCUT2D eigenvalue weighted by Gasteiger charge is 2.24. The number of esters is 1. The Morgan fingerprint density at radius 3 is 2.40 bits per heavy atom. The van der Waals surface area contributed by atoms with Crippen molar-refractivity contribution >= 4 is 29.2 Å². The molecule has 0 aliphatic heterocycles. The molecule has 2 N–H and O–H groups in total. The molecule has 25 heavy (non-hydrogen) atoms. The Labute approximate surface area is 153 Å². The van der Waals surface area contributed by atoms with E-state index in [-0.39, 0.29) is 0 Å². The summed E-state index contributed by atoms with van der Waals surface area (Å²) in [6, 6.07) is 1.21. The van der Waals surface area contributed by atoms with Crippen molar-refractivity contribution in [2.75, 3.05) is 0 Å². The van der Waals surface area contributed by atoms with E-state index in [1.54, 1.807) is 20.8 Å². The summed E-state index contributed by atoms with van der Waals surface area (Å²) in [7, 11) is 0. The molecule has 0 aliphatic carbocycles. The molecule has 0 bridgehead atoms. The molecule has 1 heterocycles. The van der Waals surface area contributed by atoms with Gasteiger partial charge in [0.05, 0.1) is 0 Å². The van der Waals surface area contributed by atoms with E-state index in [0.29, 0.717) is 4.88 Å². The summed E-state index contributed by atoms with van der Waals surface area (Å²) in [5.41, 5.74) is 0.675. The first-order valence-corrected chi connectivity index (χ1v) is 9.34. The number of aryl methyl sites for hydroxylation is 2. The maximum Gasteiger partial charge on any atom is 0.349 e. The number of carbonyl (C=O) groups excluding carboxylic acids is 3. The summed E-state index contributed by atoms with van der Waals surface area (Å²) in [5, 5.41) is 4.79. The lowest BCUT2D eigenvalue weighted by molar-refractivity contribution is -0.127. The summed E-state index contributed by atoms with van der Waals surface area (Å²) in [6.07, 6.45) is 1.72. The van der Waals surface area contributed by atoms with Crippen LogP contribution in [0.1, 0.15) is 68.1 Å².